The van der Waals surface area contributed by atoms with Crippen LogP contribution in [0, 0.1) is 0 Å². The molecule has 0 amide bonds. The Labute approximate surface area is 141 Å². The minimum atomic E-state index is -0.571. The Kier molecular flexibility index (Phi) is 6.29. The minimum absolute atomic E-state index is 0.0341. The fraction of sp³-hybridized carbons (Fsp3) is 0.421. The summed E-state index contributed by atoms with van der Waals surface area (Å²) in [6.07, 6.45) is 5.72. The zero-order valence-corrected chi connectivity index (χ0v) is 14.6. The standard InChI is InChI=1S/C19H24O5/c1-5-6-7-8-12-22-18-17(21-4)14-10-9-11-15(23-13(2)3)16(14)24-19(18)20/h6-7,9-11,13H,5,8,12H2,1-4H3. The van der Waals surface area contributed by atoms with E-state index >= 15 is 0 Å². The number of rotatable bonds is 8. The Balaban J connectivity index is 2.41. The van der Waals surface area contributed by atoms with Crippen molar-refractivity contribution >= 4 is 11.0 Å². The van der Waals surface area contributed by atoms with E-state index in [4.69, 9.17) is 18.6 Å². The van der Waals surface area contributed by atoms with Crippen LogP contribution < -0.4 is 19.8 Å². The topological polar surface area (TPSA) is 57.9 Å². The van der Waals surface area contributed by atoms with E-state index < -0.39 is 5.63 Å². The van der Waals surface area contributed by atoms with Crippen LogP contribution in [0.15, 0.2) is 39.6 Å². The van der Waals surface area contributed by atoms with Gasteiger partial charge in [-0.25, -0.2) is 4.79 Å². The monoisotopic (exact) mass is 332 g/mol. The molecule has 0 aliphatic carbocycles. The molecule has 1 aromatic carbocycles. The second kappa shape index (κ2) is 8.43. The van der Waals surface area contributed by atoms with Gasteiger partial charge in [0.1, 0.15) is 0 Å². The van der Waals surface area contributed by atoms with Gasteiger partial charge < -0.3 is 18.6 Å². The number of methoxy groups -OCH3 is 1. The summed E-state index contributed by atoms with van der Waals surface area (Å²) >= 11 is 0. The van der Waals surface area contributed by atoms with Gasteiger partial charge in [-0.2, -0.15) is 0 Å². The molecule has 2 aromatic rings. The number of para-hydroxylation sites is 1. The second-order valence-corrected chi connectivity index (χ2v) is 5.57. The first-order valence-corrected chi connectivity index (χ1v) is 8.16. The van der Waals surface area contributed by atoms with Crippen LogP contribution in [0.2, 0.25) is 0 Å². The average Bonchev–Trinajstić information content (AvgIpc) is 2.55. The van der Waals surface area contributed by atoms with Gasteiger partial charge in [-0.05, 0) is 38.8 Å². The third-order valence-electron chi connectivity index (χ3n) is 3.31. The number of benzene rings is 1. The predicted molar refractivity (Wildman–Crippen MR) is 94.3 cm³/mol. The zero-order valence-electron chi connectivity index (χ0n) is 14.6. The van der Waals surface area contributed by atoms with Crippen LogP contribution in [0.25, 0.3) is 11.0 Å². The van der Waals surface area contributed by atoms with Crippen molar-refractivity contribution in [2.45, 2.75) is 39.7 Å². The molecular formula is C19H24O5. The van der Waals surface area contributed by atoms with E-state index in [1.165, 1.54) is 7.11 Å². The van der Waals surface area contributed by atoms with Gasteiger partial charge in [0.05, 0.1) is 25.2 Å². The Morgan fingerprint density at radius 3 is 2.67 bits per heavy atom. The summed E-state index contributed by atoms with van der Waals surface area (Å²) < 4.78 is 22.2. The molecule has 0 bridgehead atoms. The van der Waals surface area contributed by atoms with Crippen LogP contribution in [0.3, 0.4) is 0 Å². The van der Waals surface area contributed by atoms with Crippen LogP contribution >= 0.6 is 0 Å². The van der Waals surface area contributed by atoms with Gasteiger partial charge >= 0.3 is 5.63 Å². The van der Waals surface area contributed by atoms with Crippen molar-refractivity contribution < 1.29 is 18.6 Å². The van der Waals surface area contributed by atoms with E-state index in [0.717, 1.165) is 6.42 Å². The summed E-state index contributed by atoms with van der Waals surface area (Å²) in [5, 5.41) is 0.648. The molecule has 5 nitrogen and oxygen atoms in total. The third kappa shape index (κ3) is 4.10. The molecule has 0 unspecified atom stereocenters. The van der Waals surface area contributed by atoms with Crippen molar-refractivity contribution in [1.82, 2.24) is 0 Å². The fourth-order valence-corrected chi connectivity index (χ4v) is 2.34. The van der Waals surface area contributed by atoms with Crippen molar-refractivity contribution in [3.05, 3.63) is 40.8 Å². The van der Waals surface area contributed by atoms with E-state index in [0.29, 0.717) is 35.5 Å². The lowest BCUT2D eigenvalue weighted by Gasteiger charge is -2.14. The lowest BCUT2D eigenvalue weighted by molar-refractivity contribution is 0.240. The van der Waals surface area contributed by atoms with E-state index in [1.54, 1.807) is 6.07 Å². The molecule has 0 saturated heterocycles. The fourth-order valence-electron chi connectivity index (χ4n) is 2.34. The molecule has 0 spiro atoms. The Hall–Kier alpha value is -2.43. The highest BCUT2D eigenvalue weighted by Crippen LogP contribution is 2.36. The molecule has 0 radical (unpaired) electrons. The first-order valence-electron chi connectivity index (χ1n) is 8.16. The van der Waals surface area contributed by atoms with Gasteiger partial charge in [0.15, 0.2) is 17.1 Å². The number of allylic oxidation sites excluding steroid dienone is 1. The van der Waals surface area contributed by atoms with Crippen LogP contribution in [-0.4, -0.2) is 19.8 Å². The molecule has 0 aliphatic rings. The van der Waals surface area contributed by atoms with Crippen LogP contribution in [0.5, 0.6) is 17.2 Å². The molecule has 1 heterocycles. The molecule has 0 fully saturated rings. The van der Waals surface area contributed by atoms with E-state index in [9.17, 15) is 4.79 Å². The summed E-state index contributed by atoms with van der Waals surface area (Å²) in [7, 11) is 1.51. The SMILES string of the molecule is CCC=CCCOc1c(OC)c2cccc(OC(C)C)c2oc1=O. The Morgan fingerprint density at radius 1 is 1.21 bits per heavy atom. The molecule has 5 heteroatoms. The predicted octanol–water partition coefficient (Wildman–Crippen LogP) is 4.32. The minimum Gasteiger partial charge on any atom is -0.492 e. The molecular weight excluding hydrogens is 308 g/mol. The summed E-state index contributed by atoms with van der Waals surface area (Å²) in [5.74, 6) is 0.974. The van der Waals surface area contributed by atoms with Crippen molar-refractivity contribution in [2.75, 3.05) is 13.7 Å². The van der Waals surface area contributed by atoms with E-state index in [-0.39, 0.29) is 11.9 Å². The highest BCUT2D eigenvalue weighted by Gasteiger charge is 2.19. The average molecular weight is 332 g/mol. The number of hydrogen-bond donors (Lipinski definition) is 0. The van der Waals surface area contributed by atoms with Gasteiger partial charge in [0, 0.05) is 0 Å². The maximum atomic E-state index is 12.3. The van der Waals surface area contributed by atoms with Gasteiger partial charge in [0.25, 0.3) is 0 Å². The molecule has 0 aliphatic heterocycles. The summed E-state index contributed by atoms with van der Waals surface area (Å²) in [4.78, 5) is 12.3. The normalized spacial score (nSPS) is 11.4. The lowest BCUT2D eigenvalue weighted by atomic mass is 10.2. The quantitative estimate of drug-likeness (QED) is 0.409. The molecule has 0 N–H and O–H groups in total. The van der Waals surface area contributed by atoms with Gasteiger partial charge in [0.2, 0.25) is 5.75 Å². The van der Waals surface area contributed by atoms with Crippen LogP contribution in [0.1, 0.15) is 33.6 Å². The maximum Gasteiger partial charge on any atom is 0.383 e. The number of hydrogen-bond acceptors (Lipinski definition) is 5. The van der Waals surface area contributed by atoms with Crippen molar-refractivity contribution in [1.29, 1.82) is 0 Å². The molecule has 2 rings (SSSR count). The molecule has 0 atom stereocenters. The van der Waals surface area contributed by atoms with Gasteiger partial charge in [-0.15, -0.1) is 0 Å². The number of ether oxygens (including phenoxy) is 3. The first kappa shape index (κ1) is 17.9. The smallest absolute Gasteiger partial charge is 0.383 e. The zero-order chi connectivity index (χ0) is 17.5. The molecule has 0 saturated carbocycles. The summed E-state index contributed by atoms with van der Waals surface area (Å²) in [5.41, 5.74) is -0.204. The van der Waals surface area contributed by atoms with Crippen LogP contribution in [0.4, 0.5) is 0 Å². The van der Waals surface area contributed by atoms with Gasteiger partial charge in [-0.1, -0.05) is 25.1 Å². The summed E-state index contributed by atoms with van der Waals surface area (Å²) in [6.45, 7) is 6.27. The third-order valence-corrected chi connectivity index (χ3v) is 3.31. The van der Waals surface area contributed by atoms with Crippen LogP contribution in [-0.2, 0) is 0 Å². The van der Waals surface area contributed by atoms with Crippen molar-refractivity contribution in [2.24, 2.45) is 0 Å². The molecule has 24 heavy (non-hydrogen) atoms. The van der Waals surface area contributed by atoms with Crippen molar-refractivity contribution in [3.63, 3.8) is 0 Å². The van der Waals surface area contributed by atoms with Crippen molar-refractivity contribution in [3.8, 4) is 17.2 Å². The molecule has 130 valence electrons. The summed E-state index contributed by atoms with van der Waals surface area (Å²) in [6, 6.07) is 5.41. The van der Waals surface area contributed by atoms with E-state index in [1.807, 2.05) is 32.1 Å². The maximum absolute atomic E-state index is 12.3. The number of fused-ring (bicyclic) bond motifs is 1. The largest absolute Gasteiger partial charge is 0.492 e. The highest BCUT2D eigenvalue weighted by atomic mass is 16.5. The highest BCUT2D eigenvalue weighted by molar-refractivity contribution is 5.89. The van der Waals surface area contributed by atoms with Gasteiger partial charge in [-0.3, -0.25) is 0 Å². The molecule has 1 aromatic heterocycles. The Bertz CT molecular complexity index is 758. The first-order chi connectivity index (χ1) is 11.6. The second-order valence-electron chi connectivity index (χ2n) is 5.57. The lowest BCUT2D eigenvalue weighted by Crippen LogP contribution is -2.11. The van der Waals surface area contributed by atoms with E-state index in [2.05, 4.69) is 13.0 Å². The Morgan fingerprint density at radius 2 is 2.00 bits per heavy atom.